The maximum Gasteiger partial charge on any atom is 0.304 e. The minimum atomic E-state index is -0.901. The van der Waals surface area contributed by atoms with Gasteiger partial charge in [-0.15, -0.1) is 0 Å². The zero-order chi connectivity index (χ0) is 9.94. The number of carboxylic acids is 1. The highest BCUT2D eigenvalue weighted by Gasteiger charge is 2.27. The van der Waals surface area contributed by atoms with Gasteiger partial charge in [0.1, 0.15) is 0 Å². The summed E-state index contributed by atoms with van der Waals surface area (Å²) in [5.74, 6) is -0.901. The summed E-state index contributed by atoms with van der Waals surface area (Å²) in [6.07, 6.45) is -0.0710. The molecule has 0 heterocycles. The standard InChI is InChI=1S/C8H18N2O2/c1-8(2,3)7(10)5(9)4-6(11)12/h5,7H,4,9-10H2,1-3H3,(H,11,12). The second kappa shape index (κ2) is 3.87. The fourth-order valence-corrected chi connectivity index (χ4v) is 0.971. The molecule has 0 aromatic rings. The molecule has 0 aromatic heterocycles. The van der Waals surface area contributed by atoms with Crippen molar-refractivity contribution in [3.05, 3.63) is 0 Å². The van der Waals surface area contributed by atoms with E-state index in [0.717, 1.165) is 0 Å². The third-order valence-electron chi connectivity index (χ3n) is 1.87. The number of rotatable bonds is 3. The highest BCUT2D eigenvalue weighted by atomic mass is 16.4. The Hall–Kier alpha value is -0.610. The number of hydrogen-bond donors (Lipinski definition) is 3. The molecule has 0 rings (SSSR count). The molecule has 0 radical (unpaired) electrons. The van der Waals surface area contributed by atoms with Crippen LogP contribution in [0.1, 0.15) is 27.2 Å². The third kappa shape index (κ3) is 3.69. The first-order valence-corrected chi connectivity index (χ1v) is 3.98. The van der Waals surface area contributed by atoms with E-state index in [0.29, 0.717) is 0 Å². The van der Waals surface area contributed by atoms with Crippen molar-refractivity contribution >= 4 is 5.97 Å². The molecule has 0 aliphatic rings. The molecule has 12 heavy (non-hydrogen) atoms. The van der Waals surface area contributed by atoms with Gasteiger partial charge in [-0.3, -0.25) is 4.79 Å². The molecule has 4 heteroatoms. The van der Waals surface area contributed by atoms with Crippen LogP contribution in [0.15, 0.2) is 0 Å². The van der Waals surface area contributed by atoms with Gasteiger partial charge in [-0.25, -0.2) is 0 Å². The fraction of sp³-hybridized carbons (Fsp3) is 0.875. The number of carboxylic acid groups (broad SMARTS) is 1. The number of aliphatic carboxylic acids is 1. The molecule has 0 bridgehead atoms. The molecule has 0 aliphatic carbocycles. The second-order valence-corrected chi connectivity index (χ2v) is 4.15. The van der Waals surface area contributed by atoms with Crippen molar-refractivity contribution < 1.29 is 9.90 Å². The van der Waals surface area contributed by atoms with Gasteiger partial charge in [0.2, 0.25) is 0 Å². The number of nitrogens with two attached hydrogens (primary N) is 2. The molecular formula is C8H18N2O2. The van der Waals surface area contributed by atoms with Gasteiger partial charge in [0.15, 0.2) is 0 Å². The zero-order valence-electron chi connectivity index (χ0n) is 7.87. The highest BCUT2D eigenvalue weighted by molar-refractivity contribution is 5.67. The van der Waals surface area contributed by atoms with Crippen molar-refractivity contribution in [3.8, 4) is 0 Å². The van der Waals surface area contributed by atoms with Gasteiger partial charge in [0, 0.05) is 12.1 Å². The summed E-state index contributed by atoms with van der Waals surface area (Å²) in [6.45, 7) is 5.83. The van der Waals surface area contributed by atoms with Crippen molar-refractivity contribution in [2.45, 2.75) is 39.3 Å². The van der Waals surface area contributed by atoms with Crippen LogP contribution in [0.5, 0.6) is 0 Å². The molecule has 0 aromatic carbocycles. The molecule has 0 spiro atoms. The summed E-state index contributed by atoms with van der Waals surface area (Å²) >= 11 is 0. The zero-order valence-corrected chi connectivity index (χ0v) is 7.87. The summed E-state index contributed by atoms with van der Waals surface area (Å²) in [5, 5.41) is 8.46. The molecule has 2 unspecified atom stereocenters. The summed E-state index contributed by atoms with van der Waals surface area (Å²) in [5.41, 5.74) is 11.2. The lowest BCUT2D eigenvalue weighted by molar-refractivity contribution is -0.137. The van der Waals surface area contributed by atoms with Crippen LogP contribution >= 0.6 is 0 Å². The predicted molar refractivity (Wildman–Crippen MR) is 47.7 cm³/mol. The lowest BCUT2D eigenvalue weighted by Crippen LogP contribution is -2.50. The Bertz CT molecular complexity index is 163. The second-order valence-electron chi connectivity index (χ2n) is 4.15. The molecule has 4 nitrogen and oxygen atoms in total. The molecule has 5 N–H and O–H groups in total. The van der Waals surface area contributed by atoms with Gasteiger partial charge in [0.05, 0.1) is 6.42 Å². The quantitative estimate of drug-likeness (QED) is 0.568. The van der Waals surface area contributed by atoms with Crippen LogP contribution in [0, 0.1) is 5.41 Å². The van der Waals surface area contributed by atoms with Crippen LogP contribution in [0.25, 0.3) is 0 Å². The topological polar surface area (TPSA) is 89.3 Å². The predicted octanol–water partition coefficient (Wildman–Crippen LogP) is 0.162. The highest BCUT2D eigenvalue weighted by Crippen LogP contribution is 2.20. The monoisotopic (exact) mass is 174 g/mol. The largest absolute Gasteiger partial charge is 0.481 e. The minimum absolute atomic E-state index is 0.0710. The smallest absolute Gasteiger partial charge is 0.304 e. The van der Waals surface area contributed by atoms with Gasteiger partial charge in [-0.1, -0.05) is 20.8 Å². The van der Waals surface area contributed by atoms with E-state index in [9.17, 15) is 4.79 Å². The van der Waals surface area contributed by atoms with Crippen LogP contribution in [-0.2, 0) is 4.79 Å². The molecule has 0 saturated heterocycles. The van der Waals surface area contributed by atoms with Crippen molar-refractivity contribution in [1.82, 2.24) is 0 Å². The fourth-order valence-electron chi connectivity index (χ4n) is 0.971. The van der Waals surface area contributed by atoms with E-state index in [4.69, 9.17) is 16.6 Å². The van der Waals surface area contributed by atoms with Crippen LogP contribution < -0.4 is 11.5 Å². The number of carbonyl (C=O) groups is 1. The average Bonchev–Trinajstić information content (AvgIpc) is 1.82. The Morgan fingerprint density at radius 2 is 1.83 bits per heavy atom. The first-order valence-electron chi connectivity index (χ1n) is 3.98. The van der Waals surface area contributed by atoms with Crippen molar-refractivity contribution in [1.29, 1.82) is 0 Å². The van der Waals surface area contributed by atoms with E-state index in [1.165, 1.54) is 0 Å². The first kappa shape index (κ1) is 11.4. The molecule has 0 amide bonds. The summed E-state index contributed by atoms with van der Waals surface area (Å²) in [7, 11) is 0. The Morgan fingerprint density at radius 3 is 2.08 bits per heavy atom. The first-order chi connectivity index (χ1) is 5.25. The van der Waals surface area contributed by atoms with Crippen molar-refractivity contribution in [2.24, 2.45) is 16.9 Å². The van der Waals surface area contributed by atoms with E-state index in [-0.39, 0.29) is 17.9 Å². The van der Waals surface area contributed by atoms with Gasteiger partial charge < -0.3 is 16.6 Å². The minimum Gasteiger partial charge on any atom is -0.481 e. The van der Waals surface area contributed by atoms with Gasteiger partial charge >= 0.3 is 5.97 Å². The molecular weight excluding hydrogens is 156 g/mol. The van der Waals surface area contributed by atoms with Crippen molar-refractivity contribution in [3.63, 3.8) is 0 Å². The Balaban J connectivity index is 4.10. The Morgan fingerprint density at radius 1 is 1.42 bits per heavy atom. The maximum atomic E-state index is 10.3. The lowest BCUT2D eigenvalue weighted by atomic mass is 9.82. The van der Waals surface area contributed by atoms with Gasteiger partial charge in [0.25, 0.3) is 0 Å². The summed E-state index contributed by atoms with van der Waals surface area (Å²) in [4.78, 5) is 10.3. The van der Waals surface area contributed by atoms with Gasteiger partial charge in [-0.2, -0.15) is 0 Å². The van der Waals surface area contributed by atoms with E-state index in [2.05, 4.69) is 0 Å². The molecule has 0 fully saturated rings. The van der Waals surface area contributed by atoms with Gasteiger partial charge in [-0.05, 0) is 5.41 Å². The summed E-state index contributed by atoms with van der Waals surface area (Å²) < 4.78 is 0. The Kier molecular flexibility index (Phi) is 3.67. The van der Waals surface area contributed by atoms with Crippen LogP contribution in [-0.4, -0.2) is 23.2 Å². The van der Waals surface area contributed by atoms with Crippen LogP contribution in [0.4, 0.5) is 0 Å². The number of hydrogen-bond acceptors (Lipinski definition) is 3. The Labute approximate surface area is 72.9 Å². The van der Waals surface area contributed by atoms with E-state index in [1.54, 1.807) is 0 Å². The SMILES string of the molecule is CC(C)(C)C(N)C(N)CC(=O)O. The van der Waals surface area contributed by atoms with E-state index in [1.807, 2.05) is 20.8 Å². The van der Waals surface area contributed by atoms with E-state index < -0.39 is 12.0 Å². The molecule has 0 aliphatic heterocycles. The maximum absolute atomic E-state index is 10.3. The average molecular weight is 174 g/mol. The third-order valence-corrected chi connectivity index (χ3v) is 1.87. The van der Waals surface area contributed by atoms with Crippen LogP contribution in [0.3, 0.4) is 0 Å². The van der Waals surface area contributed by atoms with Crippen molar-refractivity contribution in [2.75, 3.05) is 0 Å². The summed E-state index contributed by atoms with van der Waals surface area (Å²) in [6, 6.07) is -0.754. The van der Waals surface area contributed by atoms with E-state index >= 15 is 0 Å². The normalized spacial score (nSPS) is 17.1. The molecule has 72 valence electrons. The van der Waals surface area contributed by atoms with Crippen LogP contribution in [0.2, 0.25) is 0 Å². The lowest BCUT2D eigenvalue weighted by Gasteiger charge is -2.31. The molecule has 0 saturated carbocycles. The molecule has 2 atom stereocenters.